The van der Waals surface area contributed by atoms with Crippen molar-refractivity contribution in [3.8, 4) is 0 Å². The van der Waals surface area contributed by atoms with Gasteiger partial charge < -0.3 is 9.72 Å². The van der Waals surface area contributed by atoms with Gasteiger partial charge in [-0.15, -0.1) is 0 Å². The number of aromatic nitrogens is 2. The van der Waals surface area contributed by atoms with Gasteiger partial charge in [-0.1, -0.05) is 0 Å². The average Bonchev–Trinajstić information content (AvgIpc) is 3.05. The van der Waals surface area contributed by atoms with Crippen molar-refractivity contribution in [2.45, 2.75) is 12.3 Å². The van der Waals surface area contributed by atoms with E-state index in [-0.39, 0.29) is 5.92 Å². The second-order valence-electron chi connectivity index (χ2n) is 5.17. The molecule has 0 aromatic carbocycles. The molecule has 2 aromatic rings. The summed E-state index contributed by atoms with van der Waals surface area (Å²) in [7, 11) is -1.26. The van der Waals surface area contributed by atoms with E-state index in [1.807, 2.05) is 36.0 Å². The SMILES string of the molecule is CNc1nc([C@@H]2CCN(S(C)(=O)=O)C2)cn2cccc12. The number of hydrogen-bond donors (Lipinski definition) is 1. The zero-order valence-corrected chi connectivity index (χ0v) is 12.4. The third-order valence-corrected chi connectivity index (χ3v) is 5.08. The van der Waals surface area contributed by atoms with Gasteiger partial charge in [-0.25, -0.2) is 17.7 Å². The summed E-state index contributed by atoms with van der Waals surface area (Å²) in [6.07, 6.45) is 6.05. The molecule has 2 aromatic heterocycles. The topological polar surface area (TPSA) is 66.7 Å². The Balaban J connectivity index is 1.95. The lowest BCUT2D eigenvalue weighted by atomic mass is 10.1. The average molecular weight is 294 g/mol. The Bertz CT molecular complexity index is 738. The van der Waals surface area contributed by atoms with Crippen molar-refractivity contribution in [2.24, 2.45) is 0 Å². The Hall–Kier alpha value is -1.60. The summed E-state index contributed by atoms with van der Waals surface area (Å²) in [6, 6.07) is 3.97. The molecule has 1 atom stereocenters. The maximum atomic E-state index is 11.6. The molecule has 0 unspecified atom stereocenters. The van der Waals surface area contributed by atoms with Crippen molar-refractivity contribution in [3.63, 3.8) is 0 Å². The lowest BCUT2D eigenvalue weighted by Gasteiger charge is -2.14. The molecule has 3 rings (SSSR count). The first-order chi connectivity index (χ1) is 9.49. The third-order valence-electron chi connectivity index (χ3n) is 3.81. The Morgan fingerprint density at radius 1 is 1.45 bits per heavy atom. The van der Waals surface area contributed by atoms with E-state index >= 15 is 0 Å². The molecule has 1 N–H and O–H groups in total. The second kappa shape index (κ2) is 4.75. The van der Waals surface area contributed by atoms with Crippen LogP contribution in [0.2, 0.25) is 0 Å². The molecule has 20 heavy (non-hydrogen) atoms. The van der Waals surface area contributed by atoms with Crippen molar-refractivity contribution in [1.82, 2.24) is 13.7 Å². The smallest absolute Gasteiger partial charge is 0.211 e. The fraction of sp³-hybridized carbons (Fsp3) is 0.462. The molecule has 3 heterocycles. The van der Waals surface area contributed by atoms with E-state index in [1.165, 1.54) is 10.6 Å². The highest BCUT2D eigenvalue weighted by Crippen LogP contribution is 2.29. The molecule has 6 nitrogen and oxygen atoms in total. The van der Waals surface area contributed by atoms with Crippen LogP contribution in [0.5, 0.6) is 0 Å². The first-order valence-corrected chi connectivity index (χ1v) is 8.44. The molecule has 108 valence electrons. The summed E-state index contributed by atoms with van der Waals surface area (Å²) >= 11 is 0. The highest BCUT2D eigenvalue weighted by atomic mass is 32.2. The summed E-state index contributed by atoms with van der Waals surface area (Å²) < 4.78 is 26.7. The normalized spacial score (nSPS) is 20.6. The molecule has 7 heteroatoms. The molecule has 1 aliphatic heterocycles. The van der Waals surface area contributed by atoms with Crippen molar-refractivity contribution in [2.75, 3.05) is 31.7 Å². The van der Waals surface area contributed by atoms with Gasteiger partial charge in [0.15, 0.2) is 0 Å². The first kappa shape index (κ1) is 13.4. The van der Waals surface area contributed by atoms with E-state index in [1.54, 1.807) is 0 Å². The van der Waals surface area contributed by atoms with Gasteiger partial charge in [0.05, 0.1) is 17.5 Å². The molecule has 1 saturated heterocycles. The molecule has 1 fully saturated rings. The zero-order valence-electron chi connectivity index (χ0n) is 11.6. The van der Waals surface area contributed by atoms with Gasteiger partial charge in [0.1, 0.15) is 5.82 Å². The largest absolute Gasteiger partial charge is 0.371 e. The Morgan fingerprint density at radius 3 is 2.90 bits per heavy atom. The van der Waals surface area contributed by atoms with E-state index in [0.29, 0.717) is 13.1 Å². The minimum atomic E-state index is -3.11. The molecular formula is C13H18N4O2S. The molecule has 1 aliphatic rings. The van der Waals surface area contributed by atoms with Gasteiger partial charge in [-0.05, 0) is 18.6 Å². The molecule has 0 radical (unpaired) electrons. The fourth-order valence-electron chi connectivity index (χ4n) is 2.72. The van der Waals surface area contributed by atoms with Crippen LogP contribution < -0.4 is 5.32 Å². The number of rotatable bonds is 3. The van der Waals surface area contributed by atoms with Crippen LogP contribution in [0, 0.1) is 0 Å². The van der Waals surface area contributed by atoms with Crippen LogP contribution in [0.15, 0.2) is 24.5 Å². The molecule has 0 spiro atoms. The Labute approximate surface area is 118 Å². The van der Waals surface area contributed by atoms with E-state index in [9.17, 15) is 8.42 Å². The van der Waals surface area contributed by atoms with Crippen LogP contribution in [0.1, 0.15) is 18.0 Å². The maximum absolute atomic E-state index is 11.6. The molecule has 0 aliphatic carbocycles. The maximum Gasteiger partial charge on any atom is 0.211 e. The lowest BCUT2D eigenvalue weighted by molar-refractivity contribution is 0.477. The summed E-state index contributed by atoms with van der Waals surface area (Å²) in [6.45, 7) is 1.09. The van der Waals surface area contributed by atoms with Crippen LogP contribution in [0.3, 0.4) is 0 Å². The number of anilines is 1. The van der Waals surface area contributed by atoms with Crippen LogP contribution in [-0.4, -0.2) is 48.5 Å². The quantitative estimate of drug-likeness (QED) is 0.921. The van der Waals surface area contributed by atoms with Crippen LogP contribution in [0.4, 0.5) is 5.82 Å². The summed E-state index contributed by atoms with van der Waals surface area (Å²) in [5.41, 5.74) is 1.96. The zero-order chi connectivity index (χ0) is 14.3. The van der Waals surface area contributed by atoms with Crippen LogP contribution >= 0.6 is 0 Å². The Morgan fingerprint density at radius 2 is 2.25 bits per heavy atom. The molecule has 0 bridgehead atoms. The number of sulfonamides is 1. The van der Waals surface area contributed by atoms with Gasteiger partial charge in [0, 0.05) is 38.4 Å². The van der Waals surface area contributed by atoms with Gasteiger partial charge in [-0.2, -0.15) is 0 Å². The van der Waals surface area contributed by atoms with E-state index in [0.717, 1.165) is 23.4 Å². The van der Waals surface area contributed by atoms with Gasteiger partial charge >= 0.3 is 0 Å². The van der Waals surface area contributed by atoms with Crippen LogP contribution in [0.25, 0.3) is 5.52 Å². The minimum absolute atomic E-state index is 0.156. The predicted octanol–water partition coefficient (Wildman–Crippen LogP) is 1.12. The van der Waals surface area contributed by atoms with Crippen molar-refractivity contribution in [3.05, 3.63) is 30.2 Å². The van der Waals surface area contributed by atoms with Crippen LogP contribution in [-0.2, 0) is 10.0 Å². The summed E-state index contributed by atoms with van der Waals surface area (Å²) in [5.74, 6) is 0.980. The fourth-order valence-corrected chi connectivity index (χ4v) is 3.60. The van der Waals surface area contributed by atoms with E-state index < -0.39 is 10.0 Å². The highest BCUT2D eigenvalue weighted by Gasteiger charge is 2.30. The molecular weight excluding hydrogens is 276 g/mol. The van der Waals surface area contributed by atoms with Crippen molar-refractivity contribution < 1.29 is 8.42 Å². The Kier molecular flexibility index (Phi) is 3.18. The molecule has 0 amide bonds. The number of fused-ring (bicyclic) bond motifs is 1. The summed E-state index contributed by atoms with van der Waals surface area (Å²) in [4.78, 5) is 4.64. The van der Waals surface area contributed by atoms with Gasteiger partial charge in [0.2, 0.25) is 10.0 Å². The highest BCUT2D eigenvalue weighted by molar-refractivity contribution is 7.88. The number of nitrogens with zero attached hydrogens (tertiary/aromatic N) is 3. The lowest BCUT2D eigenvalue weighted by Crippen LogP contribution is -2.27. The second-order valence-corrected chi connectivity index (χ2v) is 7.15. The summed E-state index contributed by atoms with van der Waals surface area (Å²) in [5, 5.41) is 3.10. The third kappa shape index (κ3) is 2.27. The molecule has 0 saturated carbocycles. The van der Waals surface area contributed by atoms with E-state index in [4.69, 9.17) is 0 Å². The van der Waals surface area contributed by atoms with Gasteiger partial charge in [-0.3, -0.25) is 0 Å². The predicted molar refractivity (Wildman–Crippen MR) is 78.5 cm³/mol. The van der Waals surface area contributed by atoms with Gasteiger partial charge in [0.25, 0.3) is 0 Å². The monoisotopic (exact) mass is 294 g/mol. The van der Waals surface area contributed by atoms with Crippen molar-refractivity contribution >= 4 is 21.4 Å². The number of nitrogens with one attached hydrogen (secondary N) is 1. The first-order valence-electron chi connectivity index (χ1n) is 6.59. The van der Waals surface area contributed by atoms with Crippen molar-refractivity contribution in [1.29, 1.82) is 0 Å². The standard InChI is InChI=1S/C13H18N4O2S/c1-14-13-12-4-3-6-16(12)9-11(15-13)10-5-7-17(8-10)20(2,18)19/h3-4,6,9-10H,5,7-8H2,1-2H3,(H,14,15)/t10-/m1/s1. The van der Waals surface area contributed by atoms with E-state index in [2.05, 4.69) is 10.3 Å². The number of hydrogen-bond acceptors (Lipinski definition) is 4. The minimum Gasteiger partial charge on any atom is -0.371 e.